The topological polar surface area (TPSA) is 89.6 Å². The molecule has 2 heterocycles. The standard InChI is InChI=1S/C9H11ClN6S/c1-5-13-4-6(10)8(14-5)12-3-2-7-15-16-9(11)17-7/h4H,2-3H2,1H3,(H2,11,16)(H,12,13,14). The molecule has 0 aliphatic rings. The summed E-state index contributed by atoms with van der Waals surface area (Å²) in [5.74, 6) is 1.31. The van der Waals surface area contributed by atoms with Crippen molar-refractivity contribution in [3.63, 3.8) is 0 Å². The van der Waals surface area contributed by atoms with Crippen molar-refractivity contribution < 1.29 is 0 Å². The summed E-state index contributed by atoms with van der Waals surface area (Å²) in [5, 5.41) is 12.7. The molecule has 90 valence electrons. The second-order valence-electron chi connectivity index (χ2n) is 3.32. The van der Waals surface area contributed by atoms with Crippen molar-refractivity contribution in [3.05, 3.63) is 22.1 Å². The number of hydrogen-bond donors (Lipinski definition) is 2. The Morgan fingerprint density at radius 3 is 3.00 bits per heavy atom. The van der Waals surface area contributed by atoms with Crippen LogP contribution in [0.15, 0.2) is 6.20 Å². The summed E-state index contributed by atoms with van der Waals surface area (Å²) in [6.07, 6.45) is 2.31. The van der Waals surface area contributed by atoms with Crippen molar-refractivity contribution in [2.75, 3.05) is 17.6 Å². The molecule has 0 aliphatic carbocycles. The quantitative estimate of drug-likeness (QED) is 0.876. The SMILES string of the molecule is Cc1ncc(Cl)c(NCCc2nnc(N)s2)n1. The lowest BCUT2D eigenvalue weighted by Crippen LogP contribution is -2.07. The highest BCUT2D eigenvalue weighted by Crippen LogP contribution is 2.18. The molecule has 17 heavy (non-hydrogen) atoms. The summed E-state index contributed by atoms with van der Waals surface area (Å²) < 4.78 is 0. The highest BCUT2D eigenvalue weighted by atomic mass is 35.5. The van der Waals surface area contributed by atoms with Crippen molar-refractivity contribution in [1.29, 1.82) is 0 Å². The van der Waals surface area contributed by atoms with Crippen LogP contribution in [0.25, 0.3) is 0 Å². The zero-order chi connectivity index (χ0) is 12.3. The van der Waals surface area contributed by atoms with Gasteiger partial charge in [-0.15, -0.1) is 10.2 Å². The van der Waals surface area contributed by atoms with E-state index in [9.17, 15) is 0 Å². The van der Waals surface area contributed by atoms with Gasteiger partial charge in [-0.3, -0.25) is 0 Å². The van der Waals surface area contributed by atoms with E-state index in [1.807, 2.05) is 6.92 Å². The van der Waals surface area contributed by atoms with E-state index in [-0.39, 0.29) is 0 Å². The Morgan fingerprint density at radius 2 is 2.29 bits per heavy atom. The van der Waals surface area contributed by atoms with Crippen molar-refractivity contribution in [3.8, 4) is 0 Å². The summed E-state index contributed by atoms with van der Waals surface area (Å²) in [5.41, 5.74) is 5.49. The number of halogens is 1. The predicted molar refractivity (Wildman–Crippen MR) is 68.3 cm³/mol. The van der Waals surface area contributed by atoms with Crippen LogP contribution in [0.4, 0.5) is 10.9 Å². The van der Waals surface area contributed by atoms with Gasteiger partial charge in [0.25, 0.3) is 0 Å². The molecule has 0 bridgehead atoms. The van der Waals surface area contributed by atoms with Gasteiger partial charge in [0.05, 0.1) is 6.20 Å². The lowest BCUT2D eigenvalue weighted by atomic mass is 10.4. The Hall–Kier alpha value is -1.47. The molecule has 2 rings (SSSR count). The second kappa shape index (κ2) is 5.24. The third-order valence-corrected chi connectivity index (χ3v) is 3.07. The summed E-state index contributed by atoms with van der Waals surface area (Å²) in [6, 6.07) is 0. The molecule has 8 heteroatoms. The molecule has 0 fully saturated rings. The van der Waals surface area contributed by atoms with Gasteiger partial charge in [0.15, 0.2) is 0 Å². The number of aryl methyl sites for hydroxylation is 1. The molecule has 0 radical (unpaired) electrons. The molecule has 0 atom stereocenters. The first-order valence-electron chi connectivity index (χ1n) is 4.96. The molecule has 3 N–H and O–H groups in total. The van der Waals surface area contributed by atoms with Gasteiger partial charge in [0.1, 0.15) is 21.7 Å². The Kier molecular flexibility index (Phi) is 3.70. The largest absolute Gasteiger partial charge is 0.374 e. The van der Waals surface area contributed by atoms with E-state index in [0.29, 0.717) is 28.3 Å². The van der Waals surface area contributed by atoms with Crippen LogP contribution >= 0.6 is 22.9 Å². The fraction of sp³-hybridized carbons (Fsp3) is 0.333. The lowest BCUT2D eigenvalue weighted by Gasteiger charge is -2.06. The maximum absolute atomic E-state index is 5.95. The summed E-state index contributed by atoms with van der Waals surface area (Å²) in [7, 11) is 0. The summed E-state index contributed by atoms with van der Waals surface area (Å²) in [6.45, 7) is 2.48. The molecule has 2 aromatic rings. The van der Waals surface area contributed by atoms with Gasteiger partial charge in [-0.2, -0.15) is 0 Å². The number of nitrogen functional groups attached to an aromatic ring is 1. The first-order valence-corrected chi connectivity index (χ1v) is 6.15. The fourth-order valence-corrected chi connectivity index (χ4v) is 2.00. The van der Waals surface area contributed by atoms with E-state index >= 15 is 0 Å². The van der Waals surface area contributed by atoms with Crippen LogP contribution in [0.3, 0.4) is 0 Å². The molecule has 0 aliphatic heterocycles. The third kappa shape index (κ3) is 3.24. The Bertz CT molecular complexity index is 514. The molecule has 2 aromatic heterocycles. The van der Waals surface area contributed by atoms with E-state index in [2.05, 4.69) is 25.5 Å². The maximum Gasteiger partial charge on any atom is 0.203 e. The number of nitrogens with two attached hydrogens (primary N) is 1. The van der Waals surface area contributed by atoms with Crippen LogP contribution in [-0.4, -0.2) is 26.7 Å². The van der Waals surface area contributed by atoms with Crippen LogP contribution in [0.2, 0.25) is 5.02 Å². The monoisotopic (exact) mass is 270 g/mol. The lowest BCUT2D eigenvalue weighted by molar-refractivity contribution is 0.931. The van der Waals surface area contributed by atoms with Gasteiger partial charge in [-0.05, 0) is 6.92 Å². The predicted octanol–water partition coefficient (Wildman–Crippen LogP) is 1.53. The zero-order valence-corrected chi connectivity index (χ0v) is 10.7. The molecule has 0 saturated carbocycles. The fourth-order valence-electron chi connectivity index (χ4n) is 1.23. The Balaban J connectivity index is 1.91. The van der Waals surface area contributed by atoms with Crippen LogP contribution in [0, 0.1) is 6.92 Å². The number of nitrogens with zero attached hydrogens (tertiary/aromatic N) is 4. The van der Waals surface area contributed by atoms with Crippen LogP contribution in [0.5, 0.6) is 0 Å². The summed E-state index contributed by atoms with van der Waals surface area (Å²) in [4.78, 5) is 8.19. The van der Waals surface area contributed by atoms with E-state index in [0.717, 1.165) is 11.4 Å². The normalized spacial score (nSPS) is 10.5. The Labute approximate surface area is 107 Å². The van der Waals surface area contributed by atoms with Crippen LogP contribution < -0.4 is 11.1 Å². The molecule has 0 saturated heterocycles. The van der Waals surface area contributed by atoms with Crippen LogP contribution in [-0.2, 0) is 6.42 Å². The molecule has 0 unspecified atom stereocenters. The molecular formula is C9H11ClN6S. The second-order valence-corrected chi connectivity index (χ2v) is 4.83. The minimum Gasteiger partial charge on any atom is -0.374 e. The average molecular weight is 271 g/mol. The van der Waals surface area contributed by atoms with Gasteiger partial charge in [0, 0.05) is 13.0 Å². The number of hydrogen-bond acceptors (Lipinski definition) is 7. The molecule has 0 spiro atoms. The van der Waals surface area contributed by atoms with Crippen molar-refractivity contribution in [2.24, 2.45) is 0 Å². The van der Waals surface area contributed by atoms with E-state index < -0.39 is 0 Å². The first kappa shape index (κ1) is 12.0. The zero-order valence-electron chi connectivity index (χ0n) is 9.14. The highest BCUT2D eigenvalue weighted by molar-refractivity contribution is 7.15. The Morgan fingerprint density at radius 1 is 1.47 bits per heavy atom. The smallest absolute Gasteiger partial charge is 0.203 e. The van der Waals surface area contributed by atoms with Gasteiger partial charge < -0.3 is 11.1 Å². The van der Waals surface area contributed by atoms with Gasteiger partial charge in [-0.25, -0.2) is 9.97 Å². The van der Waals surface area contributed by atoms with E-state index in [1.54, 1.807) is 6.20 Å². The molecule has 0 aromatic carbocycles. The summed E-state index contributed by atoms with van der Waals surface area (Å²) >= 11 is 7.33. The average Bonchev–Trinajstić information content (AvgIpc) is 2.69. The van der Waals surface area contributed by atoms with Gasteiger partial charge in [-0.1, -0.05) is 22.9 Å². The number of anilines is 2. The number of aromatic nitrogens is 4. The highest BCUT2D eigenvalue weighted by Gasteiger charge is 2.04. The third-order valence-electron chi connectivity index (χ3n) is 1.98. The number of nitrogens with one attached hydrogen (secondary N) is 1. The van der Waals surface area contributed by atoms with Crippen molar-refractivity contribution >= 4 is 33.9 Å². The molecule has 6 nitrogen and oxygen atoms in total. The van der Waals surface area contributed by atoms with Crippen molar-refractivity contribution in [1.82, 2.24) is 20.2 Å². The minimum atomic E-state index is 0.482. The molecular weight excluding hydrogens is 260 g/mol. The van der Waals surface area contributed by atoms with Gasteiger partial charge >= 0.3 is 0 Å². The minimum absolute atomic E-state index is 0.482. The van der Waals surface area contributed by atoms with Crippen LogP contribution in [0.1, 0.15) is 10.8 Å². The van der Waals surface area contributed by atoms with E-state index in [1.165, 1.54) is 11.3 Å². The molecule has 0 amide bonds. The first-order chi connectivity index (χ1) is 8.15. The number of rotatable bonds is 4. The van der Waals surface area contributed by atoms with Gasteiger partial charge in [0.2, 0.25) is 5.13 Å². The maximum atomic E-state index is 5.95. The van der Waals surface area contributed by atoms with E-state index in [4.69, 9.17) is 17.3 Å². The van der Waals surface area contributed by atoms with Crippen molar-refractivity contribution in [2.45, 2.75) is 13.3 Å².